The zero-order chi connectivity index (χ0) is 8.69. The van der Waals surface area contributed by atoms with Crippen molar-refractivity contribution in [3.05, 3.63) is 7.11 Å². The van der Waals surface area contributed by atoms with Gasteiger partial charge in [-0.05, 0) is 18.8 Å². The van der Waals surface area contributed by atoms with E-state index in [9.17, 15) is 4.79 Å². The first-order valence-corrected chi connectivity index (χ1v) is 3.75. The quantitative estimate of drug-likeness (QED) is 0.466. The lowest BCUT2D eigenvalue weighted by atomic mass is 10.1. The molecule has 0 rings (SSSR count). The molecular formula is C8H15O3. The number of carbonyl (C=O) groups is 1. The minimum absolute atomic E-state index is 0.423. The molecule has 0 bridgehead atoms. The molecule has 0 N–H and O–H groups in total. The molecule has 0 unspecified atom stereocenters. The van der Waals surface area contributed by atoms with Gasteiger partial charge in [0, 0.05) is 0 Å². The molecule has 0 aromatic carbocycles. The van der Waals surface area contributed by atoms with Crippen molar-refractivity contribution in [2.45, 2.75) is 26.7 Å². The van der Waals surface area contributed by atoms with Gasteiger partial charge in [0.15, 0.2) is 0 Å². The normalized spacial score (nSPS) is 9.82. The summed E-state index contributed by atoms with van der Waals surface area (Å²) in [5.74, 6) is 0.648. The number of carbonyl (C=O) groups excluding carboxylic acids is 1. The Kier molecular flexibility index (Phi) is 5.61. The fraction of sp³-hybridized carbons (Fsp3) is 0.750. The van der Waals surface area contributed by atoms with Crippen molar-refractivity contribution in [2.75, 3.05) is 6.61 Å². The molecule has 0 fully saturated rings. The Morgan fingerprint density at radius 2 is 2.18 bits per heavy atom. The monoisotopic (exact) mass is 159 g/mol. The van der Waals surface area contributed by atoms with Gasteiger partial charge in [0.2, 0.25) is 0 Å². The molecule has 0 atom stereocenters. The van der Waals surface area contributed by atoms with Crippen molar-refractivity contribution in [2.24, 2.45) is 5.92 Å². The molecule has 0 aromatic rings. The minimum Gasteiger partial charge on any atom is -0.434 e. The van der Waals surface area contributed by atoms with Gasteiger partial charge >= 0.3 is 6.16 Å². The van der Waals surface area contributed by atoms with E-state index in [0.717, 1.165) is 12.8 Å². The average Bonchev–Trinajstić information content (AvgIpc) is 1.97. The molecule has 0 saturated carbocycles. The second-order valence-corrected chi connectivity index (χ2v) is 2.78. The Morgan fingerprint density at radius 1 is 1.55 bits per heavy atom. The van der Waals surface area contributed by atoms with E-state index in [2.05, 4.69) is 30.4 Å². The summed E-state index contributed by atoms with van der Waals surface area (Å²) in [6.07, 6.45) is 1.24. The van der Waals surface area contributed by atoms with Crippen LogP contribution in [0, 0.1) is 13.0 Å². The third-order valence-corrected chi connectivity index (χ3v) is 1.26. The molecule has 0 spiro atoms. The van der Waals surface area contributed by atoms with Crippen molar-refractivity contribution in [1.29, 1.82) is 0 Å². The third kappa shape index (κ3) is 7.16. The SMILES string of the molecule is [CH2]OC(=O)OCCCC(C)C. The first kappa shape index (κ1) is 10.3. The number of hydrogen-bond donors (Lipinski definition) is 0. The van der Waals surface area contributed by atoms with Crippen LogP contribution >= 0.6 is 0 Å². The van der Waals surface area contributed by atoms with Crippen LogP contribution in [0.15, 0.2) is 0 Å². The van der Waals surface area contributed by atoms with Gasteiger partial charge in [0.05, 0.1) is 6.61 Å². The van der Waals surface area contributed by atoms with Crippen molar-refractivity contribution in [1.82, 2.24) is 0 Å². The predicted molar refractivity (Wildman–Crippen MR) is 41.9 cm³/mol. The molecular weight excluding hydrogens is 144 g/mol. The van der Waals surface area contributed by atoms with Crippen molar-refractivity contribution < 1.29 is 14.3 Å². The van der Waals surface area contributed by atoms with E-state index >= 15 is 0 Å². The zero-order valence-electron chi connectivity index (χ0n) is 7.13. The summed E-state index contributed by atoms with van der Waals surface area (Å²) >= 11 is 0. The maximum Gasteiger partial charge on any atom is 0.508 e. The number of ether oxygens (including phenoxy) is 2. The molecule has 3 nitrogen and oxygen atoms in total. The van der Waals surface area contributed by atoms with Gasteiger partial charge in [-0.15, -0.1) is 0 Å². The lowest BCUT2D eigenvalue weighted by molar-refractivity contribution is 0.0807. The molecule has 0 amide bonds. The zero-order valence-corrected chi connectivity index (χ0v) is 7.13. The topological polar surface area (TPSA) is 35.5 Å². The van der Waals surface area contributed by atoms with Crippen molar-refractivity contribution in [3.8, 4) is 0 Å². The van der Waals surface area contributed by atoms with E-state index in [1.807, 2.05) is 0 Å². The van der Waals surface area contributed by atoms with Crippen LogP contribution in [0.3, 0.4) is 0 Å². The Bertz CT molecular complexity index is 110. The van der Waals surface area contributed by atoms with Crippen LogP contribution in [0.4, 0.5) is 4.79 Å². The first-order valence-electron chi connectivity index (χ1n) is 3.75. The Morgan fingerprint density at radius 3 is 2.64 bits per heavy atom. The summed E-state index contributed by atoms with van der Waals surface area (Å²) < 4.78 is 8.66. The molecule has 0 aliphatic carbocycles. The van der Waals surface area contributed by atoms with Crippen molar-refractivity contribution >= 4 is 6.16 Å². The second kappa shape index (κ2) is 6.01. The van der Waals surface area contributed by atoms with Crippen LogP contribution < -0.4 is 0 Å². The van der Waals surface area contributed by atoms with Crippen molar-refractivity contribution in [3.63, 3.8) is 0 Å². The fourth-order valence-electron chi connectivity index (χ4n) is 0.689. The summed E-state index contributed by atoms with van der Waals surface area (Å²) in [6.45, 7) is 4.67. The maximum atomic E-state index is 10.3. The fourth-order valence-corrected chi connectivity index (χ4v) is 0.689. The minimum atomic E-state index is -0.700. The molecule has 0 aliphatic rings. The summed E-state index contributed by atoms with van der Waals surface area (Å²) in [5, 5.41) is 0. The summed E-state index contributed by atoms with van der Waals surface area (Å²) in [6, 6.07) is 0. The van der Waals surface area contributed by atoms with E-state index in [4.69, 9.17) is 0 Å². The van der Waals surface area contributed by atoms with Crippen LogP contribution in [0.25, 0.3) is 0 Å². The highest BCUT2D eigenvalue weighted by Gasteiger charge is 1.99. The van der Waals surface area contributed by atoms with Crippen LogP contribution in [-0.4, -0.2) is 12.8 Å². The molecule has 65 valence electrons. The van der Waals surface area contributed by atoms with E-state index in [-0.39, 0.29) is 0 Å². The summed E-state index contributed by atoms with van der Waals surface area (Å²) in [4.78, 5) is 10.3. The Hall–Kier alpha value is -0.730. The van der Waals surface area contributed by atoms with E-state index in [1.165, 1.54) is 0 Å². The third-order valence-electron chi connectivity index (χ3n) is 1.26. The van der Waals surface area contributed by atoms with Gasteiger partial charge in [0.1, 0.15) is 7.11 Å². The molecule has 0 saturated heterocycles. The Labute approximate surface area is 67.7 Å². The number of hydrogen-bond acceptors (Lipinski definition) is 3. The van der Waals surface area contributed by atoms with Gasteiger partial charge in [0.25, 0.3) is 0 Å². The largest absolute Gasteiger partial charge is 0.508 e. The molecule has 0 aliphatic heterocycles. The standard InChI is InChI=1S/C8H15O3/c1-7(2)5-4-6-11-8(9)10-3/h7H,3-6H2,1-2H3. The number of rotatable bonds is 4. The van der Waals surface area contributed by atoms with E-state index in [1.54, 1.807) is 0 Å². The first-order chi connectivity index (χ1) is 5.16. The van der Waals surface area contributed by atoms with Crippen LogP contribution in [0.2, 0.25) is 0 Å². The molecule has 0 aromatic heterocycles. The predicted octanol–water partition coefficient (Wildman–Crippen LogP) is 2.37. The Balaban J connectivity index is 3.08. The van der Waals surface area contributed by atoms with Crippen LogP contribution in [-0.2, 0) is 9.47 Å². The van der Waals surface area contributed by atoms with Gasteiger partial charge in [-0.2, -0.15) is 0 Å². The highest BCUT2D eigenvalue weighted by molar-refractivity contribution is 5.59. The van der Waals surface area contributed by atoms with E-state index in [0.29, 0.717) is 12.5 Å². The molecule has 3 heteroatoms. The molecule has 11 heavy (non-hydrogen) atoms. The van der Waals surface area contributed by atoms with Crippen LogP contribution in [0.5, 0.6) is 0 Å². The lowest BCUT2D eigenvalue weighted by Crippen LogP contribution is -2.05. The smallest absolute Gasteiger partial charge is 0.434 e. The van der Waals surface area contributed by atoms with Gasteiger partial charge in [-0.3, -0.25) is 0 Å². The van der Waals surface area contributed by atoms with Gasteiger partial charge in [-0.1, -0.05) is 13.8 Å². The molecule has 1 radical (unpaired) electrons. The van der Waals surface area contributed by atoms with Crippen LogP contribution in [0.1, 0.15) is 26.7 Å². The highest BCUT2D eigenvalue weighted by atomic mass is 16.7. The van der Waals surface area contributed by atoms with E-state index < -0.39 is 6.16 Å². The summed E-state index contributed by atoms with van der Waals surface area (Å²) in [5.41, 5.74) is 0. The second-order valence-electron chi connectivity index (χ2n) is 2.78. The molecule has 0 heterocycles. The lowest BCUT2D eigenvalue weighted by Gasteiger charge is -2.04. The van der Waals surface area contributed by atoms with Gasteiger partial charge in [-0.25, -0.2) is 4.79 Å². The highest BCUT2D eigenvalue weighted by Crippen LogP contribution is 2.03. The average molecular weight is 159 g/mol. The van der Waals surface area contributed by atoms with Gasteiger partial charge < -0.3 is 9.47 Å². The summed E-state index contributed by atoms with van der Waals surface area (Å²) in [7, 11) is 2.92. The maximum absolute atomic E-state index is 10.3.